The zero-order valence-corrected chi connectivity index (χ0v) is 31.6. The van der Waals surface area contributed by atoms with E-state index in [1.54, 1.807) is 0 Å². The Hall–Kier alpha value is -5.60. The lowest BCUT2D eigenvalue weighted by Crippen LogP contribution is -2.54. The fourth-order valence-electron chi connectivity index (χ4n) is 4.98. The molecule has 0 bridgehead atoms. The van der Waals surface area contributed by atoms with E-state index in [4.69, 9.17) is 0 Å². The highest BCUT2D eigenvalue weighted by molar-refractivity contribution is 5.75. The second-order valence-electron chi connectivity index (χ2n) is 13.7. The Bertz CT molecular complexity index is 2170. The maximum absolute atomic E-state index is 14.0. The summed E-state index contributed by atoms with van der Waals surface area (Å²) < 4.78 is 334. The molecule has 0 radical (unpaired) electrons. The minimum atomic E-state index is -6.83. The standard InChI is InChI=1S/C38H22F24O4/c39-29(40,33(47,48)37(57,58)59)15-63-25-9-23(10-26(13-25)64-16-30(41,42)34(49,50)38(60,61)62)21-5-1-19(2-6-21)20-3-7-22(8-4-20)24-11-27(65-17-31(43,44)35(51,52)53)14-28(12-24)66-18-32(45,46)36(54,55)56/h1-14H,15-18H2. The summed E-state index contributed by atoms with van der Waals surface area (Å²) in [6.45, 7) is -10.3. The van der Waals surface area contributed by atoms with Crippen LogP contribution in [0.15, 0.2) is 84.9 Å². The Morgan fingerprint density at radius 2 is 0.439 bits per heavy atom. The number of hydrogen-bond acceptors (Lipinski definition) is 4. The van der Waals surface area contributed by atoms with Crippen LogP contribution in [0, 0.1) is 0 Å². The van der Waals surface area contributed by atoms with Crippen LogP contribution in [0.3, 0.4) is 0 Å². The lowest BCUT2D eigenvalue weighted by Gasteiger charge is -2.28. The maximum atomic E-state index is 14.0. The van der Waals surface area contributed by atoms with E-state index in [1.807, 2.05) is 0 Å². The molecular formula is C38H22F24O4. The Morgan fingerprint density at radius 3 is 0.636 bits per heavy atom. The van der Waals surface area contributed by atoms with E-state index >= 15 is 0 Å². The van der Waals surface area contributed by atoms with Crippen molar-refractivity contribution < 1.29 is 124 Å². The van der Waals surface area contributed by atoms with E-state index in [0.29, 0.717) is 18.2 Å². The van der Waals surface area contributed by atoms with Crippen molar-refractivity contribution in [3.63, 3.8) is 0 Å². The fraction of sp³-hybridized carbons (Fsp3) is 0.368. The Labute approximate surface area is 352 Å². The molecule has 0 N–H and O–H groups in total. The fourth-order valence-corrected chi connectivity index (χ4v) is 4.98. The maximum Gasteiger partial charge on any atom is 0.460 e. The average Bonchev–Trinajstić information content (AvgIpc) is 3.19. The summed E-state index contributed by atoms with van der Waals surface area (Å²) in [4.78, 5) is 0. The molecular weight excluding hydrogens is 976 g/mol. The molecule has 28 heteroatoms. The quantitative estimate of drug-likeness (QED) is 0.0988. The monoisotopic (exact) mass is 998 g/mol. The lowest BCUT2D eigenvalue weighted by molar-refractivity contribution is -0.358. The van der Waals surface area contributed by atoms with E-state index in [0.717, 1.165) is 24.3 Å². The van der Waals surface area contributed by atoms with Crippen molar-refractivity contribution in [3.8, 4) is 56.4 Å². The molecule has 4 aromatic rings. The van der Waals surface area contributed by atoms with Gasteiger partial charge in [0.2, 0.25) is 0 Å². The highest BCUT2D eigenvalue weighted by Crippen LogP contribution is 2.49. The minimum Gasteiger partial charge on any atom is -0.487 e. The molecule has 366 valence electrons. The van der Waals surface area contributed by atoms with Crippen LogP contribution >= 0.6 is 0 Å². The predicted octanol–water partition coefficient (Wildman–Crippen LogP) is 14.3. The molecule has 4 nitrogen and oxygen atoms in total. The molecule has 0 spiro atoms. The largest absolute Gasteiger partial charge is 0.487 e. The van der Waals surface area contributed by atoms with Gasteiger partial charge in [-0.15, -0.1) is 0 Å². The number of hydrogen-bond donors (Lipinski definition) is 0. The third kappa shape index (κ3) is 11.7. The van der Waals surface area contributed by atoms with Crippen LogP contribution in [-0.2, 0) is 0 Å². The summed E-state index contributed by atoms with van der Waals surface area (Å²) in [5, 5.41) is 0. The number of halogens is 24. The smallest absolute Gasteiger partial charge is 0.460 e. The minimum absolute atomic E-state index is 0.0303. The molecule has 0 aromatic heterocycles. The van der Waals surface area contributed by atoms with Gasteiger partial charge in [-0.25, -0.2) is 0 Å². The van der Waals surface area contributed by atoms with Crippen molar-refractivity contribution in [2.45, 2.75) is 60.2 Å². The Balaban J connectivity index is 1.67. The first-order valence-electron chi connectivity index (χ1n) is 17.3. The zero-order valence-electron chi connectivity index (χ0n) is 31.6. The van der Waals surface area contributed by atoms with Crippen LogP contribution < -0.4 is 18.9 Å². The van der Waals surface area contributed by atoms with E-state index in [1.165, 1.54) is 36.4 Å². The second-order valence-corrected chi connectivity index (χ2v) is 13.7. The number of benzene rings is 4. The number of alkyl halides is 24. The first-order valence-corrected chi connectivity index (χ1v) is 17.3. The van der Waals surface area contributed by atoms with Crippen LogP contribution in [0.1, 0.15) is 0 Å². The Morgan fingerprint density at radius 1 is 0.242 bits per heavy atom. The predicted molar refractivity (Wildman–Crippen MR) is 179 cm³/mol. The van der Waals surface area contributed by atoms with Crippen LogP contribution in [0.25, 0.3) is 33.4 Å². The van der Waals surface area contributed by atoms with Gasteiger partial charge >= 0.3 is 60.2 Å². The first-order chi connectivity index (χ1) is 29.7. The van der Waals surface area contributed by atoms with Gasteiger partial charge in [-0.2, -0.15) is 105 Å². The van der Waals surface area contributed by atoms with Gasteiger partial charge in [-0.1, -0.05) is 48.5 Å². The van der Waals surface area contributed by atoms with Crippen LogP contribution in [-0.4, -0.2) is 86.7 Å². The summed E-state index contributed by atoms with van der Waals surface area (Å²) in [6, 6.07) is 12.9. The van der Waals surface area contributed by atoms with Gasteiger partial charge in [0.05, 0.1) is 0 Å². The number of ether oxygens (including phenoxy) is 4. The molecule has 0 atom stereocenters. The van der Waals surface area contributed by atoms with Crippen molar-refractivity contribution in [1.82, 2.24) is 0 Å². The first kappa shape index (κ1) is 53.0. The van der Waals surface area contributed by atoms with Crippen molar-refractivity contribution in [3.05, 3.63) is 84.9 Å². The van der Waals surface area contributed by atoms with Crippen molar-refractivity contribution >= 4 is 0 Å². The zero-order chi connectivity index (χ0) is 50.3. The summed E-state index contributed by atoms with van der Waals surface area (Å²) in [5.41, 5.74) is -0.510. The Kier molecular flexibility index (Phi) is 14.4. The van der Waals surface area contributed by atoms with Crippen LogP contribution in [0.2, 0.25) is 0 Å². The molecule has 4 aromatic carbocycles. The topological polar surface area (TPSA) is 36.9 Å². The van der Waals surface area contributed by atoms with E-state index in [-0.39, 0.29) is 33.9 Å². The van der Waals surface area contributed by atoms with Gasteiger partial charge in [0.15, 0.2) is 26.4 Å². The summed E-state index contributed by atoms with van der Waals surface area (Å²) in [7, 11) is 0. The van der Waals surface area contributed by atoms with Crippen LogP contribution in [0.5, 0.6) is 23.0 Å². The van der Waals surface area contributed by atoms with Crippen molar-refractivity contribution in [1.29, 1.82) is 0 Å². The summed E-state index contributed by atoms with van der Waals surface area (Å²) >= 11 is 0. The average molecular weight is 999 g/mol. The molecule has 0 amide bonds. The second kappa shape index (κ2) is 17.9. The van der Waals surface area contributed by atoms with Gasteiger partial charge in [0.1, 0.15) is 23.0 Å². The molecule has 0 fully saturated rings. The lowest BCUT2D eigenvalue weighted by atomic mass is 9.97. The van der Waals surface area contributed by atoms with E-state index < -0.39 is 115 Å². The molecule has 4 rings (SSSR count). The van der Waals surface area contributed by atoms with E-state index in [9.17, 15) is 105 Å². The van der Waals surface area contributed by atoms with Crippen molar-refractivity contribution in [2.75, 3.05) is 26.4 Å². The van der Waals surface area contributed by atoms with Crippen LogP contribution in [0.4, 0.5) is 105 Å². The summed E-state index contributed by atoms with van der Waals surface area (Å²) in [5.74, 6) is -40.6. The molecule has 66 heavy (non-hydrogen) atoms. The highest BCUT2D eigenvalue weighted by Gasteiger charge is 2.74. The highest BCUT2D eigenvalue weighted by atomic mass is 19.4. The van der Waals surface area contributed by atoms with Gasteiger partial charge in [-0.05, 0) is 57.6 Å². The summed E-state index contributed by atoms with van der Waals surface area (Å²) in [6.07, 6.45) is -25.9. The van der Waals surface area contributed by atoms with E-state index in [2.05, 4.69) is 18.9 Å². The molecule has 0 aliphatic rings. The third-order valence-corrected chi connectivity index (χ3v) is 8.67. The third-order valence-electron chi connectivity index (χ3n) is 8.67. The number of rotatable bonds is 17. The SMILES string of the molecule is FC(F)(F)C(F)(F)COc1cc(OCC(F)(F)C(F)(F)F)cc(-c2ccc(-c3ccc(-c4cc(OCC(F)(F)C(F)(F)C(F)(F)F)cc(OCC(F)(F)C(F)(F)C(F)(F)F)c4)cc3)cc2)c1. The molecule has 0 aliphatic carbocycles. The van der Waals surface area contributed by atoms with Gasteiger partial charge in [-0.3, -0.25) is 0 Å². The van der Waals surface area contributed by atoms with Crippen molar-refractivity contribution in [2.24, 2.45) is 0 Å². The van der Waals surface area contributed by atoms with Gasteiger partial charge in [0, 0.05) is 12.1 Å². The molecule has 0 saturated carbocycles. The van der Waals surface area contributed by atoms with Gasteiger partial charge < -0.3 is 18.9 Å². The normalized spacial score (nSPS) is 14.0. The molecule has 0 aliphatic heterocycles. The molecule has 0 heterocycles. The molecule has 0 saturated heterocycles. The molecule has 0 unspecified atom stereocenters. The van der Waals surface area contributed by atoms with Gasteiger partial charge in [0.25, 0.3) is 0 Å².